The minimum atomic E-state index is -1.18. The molecule has 8 heteroatoms. The minimum absolute atomic E-state index is 0.0236. The Labute approximate surface area is 123 Å². The first kappa shape index (κ1) is 14.7. The maximum atomic E-state index is 12.0. The van der Waals surface area contributed by atoms with Gasteiger partial charge in [-0.25, -0.2) is 9.78 Å². The third-order valence-corrected chi connectivity index (χ3v) is 3.40. The highest BCUT2D eigenvalue weighted by atomic mass is 32.1. The highest BCUT2D eigenvalue weighted by molar-refractivity contribution is 7.18. The molecular formula is C13H11N3O4S. The molecule has 3 N–H and O–H groups in total. The monoisotopic (exact) mass is 305 g/mol. The highest BCUT2D eigenvalue weighted by Gasteiger charge is 2.15. The van der Waals surface area contributed by atoms with Gasteiger partial charge in [-0.15, -0.1) is 11.3 Å². The fourth-order valence-corrected chi connectivity index (χ4v) is 2.39. The van der Waals surface area contributed by atoms with E-state index in [9.17, 15) is 14.4 Å². The van der Waals surface area contributed by atoms with Gasteiger partial charge in [0.2, 0.25) is 5.91 Å². The molecule has 7 nitrogen and oxygen atoms in total. The Bertz CT molecular complexity index is 711. The summed E-state index contributed by atoms with van der Waals surface area (Å²) < 4.78 is 0. The van der Waals surface area contributed by atoms with E-state index < -0.39 is 11.9 Å². The summed E-state index contributed by atoms with van der Waals surface area (Å²) in [5.74, 6) is -1.92. The Balaban J connectivity index is 2.17. The van der Waals surface area contributed by atoms with Crippen molar-refractivity contribution in [3.05, 3.63) is 40.9 Å². The summed E-state index contributed by atoms with van der Waals surface area (Å²) in [6, 6.07) is 5.95. The number of carboxylic acids is 1. The third kappa shape index (κ3) is 3.63. The minimum Gasteiger partial charge on any atom is -0.478 e. The van der Waals surface area contributed by atoms with E-state index in [1.807, 2.05) is 0 Å². The van der Waals surface area contributed by atoms with Crippen molar-refractivity contribution in [2.75, 3.05) is 10.6 Å². The van der Waals surface area contributed by atoms with Gasteiger partial charge in [0.1, 0.15) is 11.4 Å². The fourth-order valence-electron chi connectivity index (χ4n) is 1.55. The van der Waals surface area contributed by atoms with E-state index in [0.29, 0.717) is 9.88 Å². The molecule has 2 amide bonds. The number of aromatic nitrogens is 1. The van der Waals surface area contributed by atoms with E-state index >= 15 is 0 Å². The number of rotatable bonds is 4. The molecule has 0 unspecified atom stereocenters. The van der Waals surface area contributed by atoms with Crippen molar-refractivity contribution in [1.82, 2.24) is 4.98 Å². The number of pyridine rings is 1. The predicted octanol–water partition coefficient (Wildman–Crippen LogP) is 2.05. The predicted molar refractivity (Wildman–Crippen MR) is 77.8 cm³/mol. The van der Waals surface area contributed by atoms with Crippen molar-refractivity contribution in [3.63, 3.8) is 0 Å². The first-order valence-corrected chi connectivity index (χ1v) is 6.66. The Morgan fingerprint density at radius 3 is 2.62 bits per heavy atom. The number of nitrogens with one attached hydrogen (secondary N) is 2. The number of aromatic carboxylic acids is 1. The van der Waals surface area contributed by atoms with Crippen LogP contribution < -0.4 is 10.6 Å². The Morgan fingerprint density at radius 1 is 1.19 bits per heavy atom. The van der Waals surface area contributed by atoms with Crippen molar-refractivity contribution in [1.29, 1.82) is 0 Å². The number of carbonyl (C=O) groups is 3. The van der Waals surface area contributed by atoms with E-state index in [1.165, 1.54) is 31.3 Å². The standard InChI is InChI=1S/C13H11N3O4S/c1-7(17)15-10-5-4-9(21-10)12(18)16-11-8(13(19)20)3-2-6-14-11/h2-6H,1H3,(H,15,17)(H,19,20)(H,14,16,18). The smallest absolute Gasteiger partial charge is 0.339 e. The van der Waals surface area contributed by atoms with Gasteiger partial charge < -0.3 is 15.7 Å². The van der Waals surface area contributed by atoms with E-state index in [-0.39, 0.29) is 17.3 Å². The summed E-state index contributed by atoms with van der Waals surface area (Å²) in [5, 5.41) is 14.6. The van der Waals surface area contributed by atoms with Crippen LogP contribution in [0.25, 0.3) is 0 Å². The number of anilines is 2. The van der Waals surface area contributed by atoms with E-state index in [4.69, 9.17) is 5.11 Å². The number of nitrogens with zero attached hydrogens (tertiary/aromatic N) is 1. The topological polar surface area (TPSA) is 108 Å². The molecule has 0 aliphatic heterocycles. The molecule has 0 radical (unpaired) electrons. The molecular weight excluding hydrogens is 294 g/mol. The lowest BCUT2D eigenvalue weighted by Gasteiger charge is -2.05. The molecule has 0 bridgehead atoms. The van der Waals surface area contributed by atoms with Crippen LogP contribution >= 0.6 is 11.3 Å². The summed E-state index contributed by atoms with van der Waals surface area (Å²) in [5.41, 5.74) is -0.0931. The molecule has 2 heterocycles. The van der Waals surface area contributed by atoms with E-state index in [1.54, 1.807) is 6.07 Å². The fraction of sp³-hybridized carbons (Fsp3) is 0.0769. The normalized spacial score (nSPS) is 9.95. The number of hydrogen-bond acceptors (Lipinski definition) is 5. The van der Waals surface area contributed by atoms with Gasteiger partial charge in [-0.1, -0.05) is 0 Å². The van der Waals surface area contributed by atoms with Gasteiger partial charge in [0, 0.05) is 13.1 Å². The summed E-state index contributed by atoms with van der Waals surface area (Å²) in [6.07, 6.45) is 1.39. The average molecular weight is 305 g/mol. The van der Waals surface area contributed by atoms with Crippen LogP contribution in [0.5, 0.6) is 0 Å². The Morgan fingerprint density at radius 2 is 1.95 bits per heavy atom. The van der Waals surface area contributed by atoms with Crippen molar-refractivity contribution >= 4 is 39.9 Å². The SMILES string of the molecule is CC(=O)Nc1ccc(C(=O)Nc2ncccc2C(=O)O)s1. The van der Waals surface area contributed by atoms with E-state index in [2.05, 4.69) is 15.6 Å². The van der Waals surface area contributed by atoms with Crippen LogP contribution in [0.3, 0.4) is 0 Å². The maximum Gasteiger partial charge on any atom is 0.339 e. The molecule has 0 atom stereocenters. The average Bonchev–Trinajstić information content (AvgIpc) is 2.86. The van der Waals surface area contributed by atoms with Gasteiger partial charge in [0.25, 0.3) is 5.91 Å². The van der Waals surface area contributed by atoms with Crippen molar-refractivity contribution in [2.45, 2.75) is 6.92 Å². The largest absolute Gasteiger partial charge is 0.478 e. The third-order valence-electron chi connectivity index (χ3n) is 2.40. The summed E-state index contributed by atoms with van der Waals surface area (Å²) in [4.78, 5) is 38.2. The Hall–Kier alpha value is -2.74. The second-order valence-corrected chi connectivity index (χ2v) is 5.09. The van der Waals surface area contributed by atoms with Crippen LogP contribution in [-0.2, 0) is 4.79 Å². The number of amides is 2. The molecule has 2 rings (SSSR count). The zero-order valence-corrected chi connectivity index (χ0v) is 11.7. The molecule has 0 spiro atoms. The molecule has 21 heavy (non-hydrogen) atoms. The molecule has 0 saturated carbocycles. The molecule has 0 saturated heterocycles. The second kappa shape index (κ2) is 6.14. The molecule has 108 valence electrons. The first-order valence-electron chi connectivity index (χ1n) is 5.84. The summed E-state index contributed by atoms with van der Waals surface area (Å²) in [6.45, 7) is 1.37. The van der Waals surface area contributed by atoms with Crippen LogP contribution in [0, 0.1) is 0 Å². The highest BCUT2D eigenvalue weighted by Crippen LogP contribution is 2.23. The van der Waals surface area contributed by atoms with Gasteiger partial charge >= 0.3 is 5.97 Å². The lowest BCUT2D eigenvalue weighted by Crippen LogP contribution is -2.14. The molecule has 0 fully saturated rings. The van der Waals surface area contributed by atoms with Crippen LogP contribution in [-0.4, -0.2) is 27.9 Å². The molecule has 0 aliphatic carbocycles. The van der Waals surface area contributed by atoms with Gasteiger partial charge in [-0.05, 0) is 24.3 Å². The summed E-state index contributed by atoms with van der Waals surface area (Å²) >= 11 is 1.08. The van der Waals surface area contributed by atoms with Gasteiger partial charge in [-0.2, -0.15) is 0 Å². The van der Waals surface area contributed by atoms with Crippen LogP contribution in [0.2, 0.25) is 0 Å². The van der Waals surface area contributed by atoms with Gasteiger partial charge in [0.05, 0.1) is 9.88 Å². The quantitative estimate of drug-likeness (QED) is 0.801. The zero-order valence-electron chi connectivity index (χ0n) is 10.9. The van der Waals surface area contributed by atoms with Crippen LogP contribution in [0.15, 0.2) is 30.5 Å². The first-order chi connectivity index (χ1) is 9.97. The number of carbonyl (C=O) groups excluding carboxylic acids is 2. The molecule has 2 aromatic heterocycles. The summed E-state index contributed by atoms with van der Waals surface area (Å²) in [7, 11) is 0. The maximum absolute atomic E-state index is 12.0. The number of hydrogen-bond donors (Lipinski definition) is 3. The molecule has 0 aromatic carbocycles. The van der Waals surface area contributed by atoms with Crippen molar-refractivity contribution in [2.24, 2.45) is 0 Å². The number of thiophene rings is 1. The lowest BCUT2D eigenvalue weighted by atomic mass is 10.2. The zero-order chi connectivity index (χ0) is 15.4. The van der Waals surface area contributed by atoms with Crippen molar-refractivity contribution < 1.29 is 19.5 Å². The Kier molecular flexibility index (Phi) is 4.29. The molecule has 0 aliphatic rings. The molecule has 2 aromatic rings. The van der Waals surface area contributed by atoms with Crippen LogP contribution in [0.1, 0.15) is 27.0 Å². The van der Waals surface area contributed by atoms with E-state index in [0.717, 1.165) is 11.3 Å². The lowest BCUT2D eigenvalue weighted by molar-refractivity contribution is -0.114. The second-order valence-electron chi connectivity index (χ2n) is 4.00. The van der Waals surface area contributed by atoms with Crippen molar-refractivity contribution in [3.8, 4) is 0 Å². The number of carboxylic acid groups (broad SMARTS) is 1. The van der Waals surface area contributed by atoms with Gasteiger partial charge in [-0.3, -0.25) is 9.59 Å². The van der Waals surface area contributed by atoms with Gasteiger partial charge in [0.15, 0.2) is 0 Å². The van der Waals surface area contributed by atoms with Crippen LogP contribution in [0.4, 0.5) is 10.8 Å².